The molecule has 21 heavy (non-hydrogen) atoms. The van der Waals surface area contributed by atoms with Crippen LogP contribution in [0.15, 0.2) is 36.4 Å². The normalized spacial score (nSPS) is 10.2. The molecule has 0 aliphatic heterocycles. The highest BCUT2D eigenvalue weighted by Gasteiger charge is 2.12. The minimum Gasteiger partial charge on any atom is -0.497 e. The Hall–Kier alpha value is -2.14. The number of anilines is 1. The number of hydrogen-bond acceptors (Lipinski definition) is 4. The van der Waals surface area contributed by atoms with Crippen LogP contribution in [0, 0.1) is 6.92 Å². The molecule has 0 spiro atoms. The smallest absolute Gasteiger partial charge is 0.120 e. The summed E-state index contributed by atoms with van der Waals surface area (Å²) in [6, 6.07) is 11.7. The highest BCUT2D eigenvalue weighted by atomic mass is 32.1. The van der Waals surface area contributed by atoms with E-state index in [0.717, 1.165) is 28.4 Å². The van der Waals surface area contributed by atoms with Crippen LogP contribution in [0.4, 0.5) is 5.69 Å². The number of ether oxygens (including phenoxy) is 1. The largest absolute Gasteiger partial charge is 0.497 e. The molecule has 1 heterocycles. The Morgan fingerprint density at radius 1 is 1.33 bits per heavy atom. The highest BCUT2D eigenvalue weighted by Crippen LogP contribution is 2.26. The van der Waals surface area contributed by atoms with Crippen molar-refractivity contribution in [2.75, 3.05) is 19.1 Å². The SMILES string of the molecule is COc1ccc(C(N)=S)c(N(C)Cc2cccc(C)n2)c1. The van der Waals surface area contributed by atoms with Gasteiger partial charge in [0, 0.05) is 24.4 Å². The third-order valence-electron chi connectivity index (χ3n) is 3.23. The minimum absolute atomic E-state index is 0.372. The van der Waals surface area contributed by atoms with Crippen LogP contribution in [0.2, 0.25) is 0 Å². The van der Waals surface area contributed by atoms with Gasteiger partial charge < -0.3 is 15.4 Å². The van der Waals surface area contributed by atoms with Crippen LogP contribution >= 0.6 is 12.2 Å². The lowest BCUT2D eigenvalue weighted by molar-refractivity contribution is 0.415. The van der Waals surface area contributed by atoms with Crippen molar-refractivity contribution in [3.63, 3.8) is 0 Å². The topological polar surface area (TPSA) is 51.4 Å². The standard InChI is InChI=1S/C16H19N3OS/c1-11-5-4-6-12(18-11)10-19(2)15-9-13(20-3)7-8-14(15)16(17)21/h4-9H,10H2,1-3H3,(H2,17,21). The van der Waals surface area contributed by atoms with E-state index in [0.29, 0.717) is 11.5 Å². The Bertz CT molecular complexity index is 658. The van der Waals surface area contributed by atoms with Crippen LogP contribution in [0.3, 0.4) is 0 Å². The van der Waals surface area contributed by atoms with Crippen LogP contribution < -0.4 is 15.4 Å². The molecule has 0 atom stereocenters. The van der Waals surface area contributed by atoms with Gasteiger partial charge in [-0.1, -0.05) is 18.3 Å². The van der Waals surface area contributed by atoms with E-state index in [1.165, 1.54) is 0 Å². The fraction of sp³-hybridized carbons (Fsp3) is 0.250. The maximum atomic E-state index is 5.81. The van der Waals surface area contributed by atoms with E-state index in [1.54, 1.807) is 7.11 Å². The third kappa shape index (κ3) is 3.70. The van der Waals surface area contributed by atoms with Gasteiger partial charge in [0.1, 0.15) is 10.7 Å². The molecule has 0 bridgehead atoms. The molecule has 0 saturated heterocycles. The van der Waals surface area contributed by atoms with E-state index in [-0.39, 0.29) is 0 Å². The monoisotopic (exact) mass is 301 g/mol. The predicted molar refractivity (Wildman–Crippen MR) is 90.0 cm³/mol. The van der Waals surface area contributed by atoms with Gasteiger partial charge in [0.15, 0.2) is 0 Å². The van der Waals surface area contributed by atoms with Crippen LogP contribution in [0.5, 0.6) is 5.75 Å². The number of nitrogens with zero attached hydrogens (tertiary/aromatic N) is 2. The van der Waals surface area contributed by atoms with Crippen molar-refractivity contribution in [2.24, 2.45) is 5.73 Å². The first kappa shape index (κ1) is 15.3. The molecule has 4 nitrogen and oxygen atoms in total. The summed E-state index contributed by atoms with van der Waals surface area (Å²) in [6.07, 6.45) is 0. The van der Waals surface area contributed by atoms with E-state index in [1.807, 2.05) is 50.4 Å². The summed E-state index contributed by atoms with van der Waals surface area (Å²) in [5, 5.41) is 0. The Kier molecular flexibility index (Phi) is 4.75. The Morgan fingerprint density at radius 2 is 2.10 bits per heavy atom. The zero-order valence-corrected chi connectivity index (χ0v) is 13.3. The molecule has 0 fully saturated rings. The second-order valence-corrected chi connectivity index (χ2v) is 5.31. The number of thiocarbonyl (C=S) groups is 1. The third-order valence-corrected chi connectivity index (χ3v) is 3.45. The van der Waals surface area contributed by atoms with Gasteiger partial charge in [-0.05, 0) is 31.2 Å². The molecule has 1 aromatic heterocycles. The lowest BCUT2D eigenvalue weighted by Gasteiger charge is -2.22. The second-order valence-electron chi connectivity index (χ2n) is 4.87. The summed E-state index contributed by atoms with van der Waals surface area (Å²) in [7, 11) is 3.63. The van der Waals surface area contributed by atoms with Gasteiger partial charge in [0.25, 0.3) is 0 Å². The first-order valence-electron chi connectivity index (χ1n) is 6.63. The molecular weight excluding hydrogens is 282 g/mol. The number of aryl methyl sites for hydroxylation is 1. The summed E-state index contributed by atoms with van der Waals surface area (Å²) >= 11 is 5.13. The van der Waals surface area contributed by atoms with Crippen molar-refractivity contribution >= 4 is 22.9 Å². The van der Waals surface area contributed by atoms with Gasteiger partial charge >= 0.3 is 0 Å². The summed E-state index contributed by atoms with van der Waals surface area (Å²) in [6.45, 7) is 2.65. The fourth-order valence-electron chi connectivity index (χ4n) is 2.18. The number of hydrogen-bond donors (Lipinski definition) is 1. The van der Waals surface area contributed by atoms with Gasteiger partial charge in [-0.2, -0.15) is 0 Å². The molecule has 0 amide bonds. The van der Waals surface area contributed by atoms with Crippen molar-refractivity contribution in [3.05, 3.63) is 53.3 Å². The summed E-state index contributed by atoms with van der Waals surface area (Å²) in [5.41, 5.74) is 9.57. The van der Waals surface area contributed by atoms with Gasteiger partial charge in [0.05, 0.1) is 25.0 Å². The lowest BCUT2D eigenvalue weighted by atomic mass is 10.1. The average molecular weight is 301 g/mol. The Labute approximate surface area is 130 Å². The number of nitrogens with two attached hydrogens (primary N) is 1. The van der Waals surface area contributed by atoms with Crippen LogP contribution in [0.1, 0.15) is 17.0 Å². The van der Waals surface area contributed by atoms with E-state index < -0.39 is 0 Å². The van der Waals surface area contributed by atoms with Gasteiger partial charge in [0.2, 0.25) is 0 Å². The zero-order chi connectivity index (χ0) is 15.4. The Morgan fingerprint density at radius 3 is 2.71 bits per heavy atom. The molecule has 2 N–H and O–H groups in total. The van der Waals surface area contributed by atoms with E-state index in [2.05, 4.69) is 9.88 Å². The number of methoxy groups -OCH3 is 1. The number of benzene rings is 1. The zero-order valence-electron chi connectivity index (χ0n) is 12.5. The fourth-order valence-corrected chi connectivity index (χ4v) is 2.35. The van der Waals surface area contributed by atoms with Crippen LogP contribution in [-0.2, 0) is 6.54 Å². The van der Waals surface area contributed by atoms with Crippen LogP contribution in [0.25, 0.3) is 0 Å². The molecule has 2 rings (SSSR count). The first-order valence-corrected chi connectivity index (χ1v) is 7.03. The van der Waals surface area contributed by atoms with E-state index in [9.17, 15) is 0 Å². The number of pyridine rings is 1. The summed E-state index contributed by atoms with van der Waals surface area (Å²) in [4.78, 5) is 6.96. The predicted octanol–water partition coefficient (Wildman–Crippen LogP) is 2.67. The molecule has 0 radical (unpaired) electrons. The second kappa shape index (κ2) is 6.54. The molecule has 0 unspecified atom stereocenters. The maximum Gasteiger partial charge on any atom is 0.120 e. The van der Waals surface area contributed by atoms with Crippen LogP contribution in [-0.4, -0.2) is 24.1 Å². The maximum absolute atomic E-state index is 5.81. The van der Waals surface area contributed by atoms with E-state index in [4.69, 9.17) is 22.7 Å². The van der Waals surface area contributed by atoms with Gasteiger partial charge in [-0.25, -0.2) is 0 Å². The molecule has 1 aromatic carbocycles. The highest BCUT2D eigenvalue weighted by molar-refractivity contribution is 7.80. The number of rotatable bonds is 5. The van der Waals surface area contributed by atoms with Gasteiger partial charge in [-0.15, -0.1) is 0 Å². The van der Waals surface area contributed by atoms with Crippen molar-refractivity contribution in [1.82, 2.24) is 4.98 Å². The molecule has 0 aliphatic carbocycles. The van der Waals surface area contributed by atoms with Crippen molar-refractivity contribution < 1.29 is 4.74 Å². The van der Waals surface area contributed by atoms with Crippen molar-refractivity contribution in [2.45, 2.75) is 13.5 Å². The molecule has 110 valence electrons. The van der Waals surface area contributed by atoms with Gasteiger partial charge in [-0.3, -0.25) is 4.98 Å². The first-order chi connectivity index (χ1) is 10.0. The van der Waals surface area contributed by atoms with Crippen molar-refractivity contribution in [1.29, 1.82) is 0 Å². The average Bonchev–Trinajstić information content (AvgIpc) is 2.46. The molecule has 0 aliphatic rings. The number of aromatic nitrogens is 1. The van der Waals surface area contributed by atoms with Crippen molar-refractivity contribution in [3.8, 4) is 5.75 Å². The minimum atomic E-state index is 0.372. The Balaban J connectivity index is 2.33. The van der Waals surface area contributed by atoms with E-state index >= 15 is 0 Å². The quantitative estimate of drug-likeness (QED) is 0.861. The molecule has 5 heteroatoms. The summed E-state index contributed by atoms with van der Waals surface area (Å²) < 4.78 is 5.28. The molecule has 0 saturated carbocycles. The lowest BCUT2D eigenvalue weighted by Crippen LogP contribution is -2.22. The molecule has 2 aromatic rings. The molecular formula is C16H19N3OS. The summed E-state index contributed by atoms with van der Waals surface area (Å²) in [5.74, 6) is 0.772.